The van der Waals surface area contributed by atoms with E-state index in [2.05, 4.69) is 31.2 Å². The van der Waals surface area contributed by atoms with E-state index in [1.807, 2.05) is 0 Å². The Morgan fingerprint density at radius 3 is 2.95 bits per heavy atom. The minimum Gasteiger partial charge on any atom is -0.487 e. The molecule has 1 spiro atoms. The van der Waals surface area contributed by atoms with Crippen molar-refractivity contribution in [2.75, 3.05) is 0 Å². The molecular weight excluding hydrogens is 234 g/mol. The van der Waals surface area contributed by atoms with E-state index >= 15 is 0 Å². The molecule has 1 fully saturated rings. The highest BCUT2D eigenvalue weighted by Gasteiger charge is 2.40. The lowest BCUT2D eigenvalue weighted by atomic mass is 9.82. The van der Waals surface area contributed by atoms with E-state index in [-0.39, 0.29) is 11.6 Å². The van der Waals surface area contributed by atoms with E-state index in [9.17, 15) is 0 Å². The van der Waals surface area contributed by atoms with Crippen LogP contribution in [0.4, 0.5) is 0 Å². The van der Waals surface area contributed by atoms with E-state index in [4.69, 9.17) is 10.5 Å². The van der Waals surface area contributed by atoms with E-state index < -0.39 is 0 Å². The molecule has 3 unspecified atom stereocenters. The summed E-state index contributed by atoms with van der Waals surface area (Å²) in [6.07, 6.45) is 8.58. The number of para-hydroxylation sites is 1. The molecule has 0 amide bonds. The summed E-state index contributed by atoms with van der Waals surface area (Å²) in [5.74, 6) is 1.91. The van der Waals surface area contributed by atoms with Crippen LogP contribution in [0.3, 0.4) is 0 Å². The van der Waals surface area contributed by atoms with Gasteiger partial charge in [0.1, 0.15) is 11.4 Å². The molecule has 3 atom stereocenters. The Morgan fingerprint density at radius 1 is 1.26 bits per heavy atom. The van der Waals surface area contributed by atoms with Crippen LogP contribution in [-0.2, 0) is 0 Å². The van der Waals surface area contributed by atoms with Crippen LogP contribution in [0.5, 0.6) is 5.75 Å². The molecule has 104 valence electrons. The molecule has 3 rings (SSSR count). The van der Waals surface area contributed by atoms with Crippen LogP contribution in [0.15, 0.2) is 24.3 Å². The van der Waals surface area contributed by atoms with Gasteiger partial charge in [-0.25, -0.2) is 0 Å². The van der Waals surface area contributed by atoms with Crippen LogP contribution < -0.4 is 10.5 Å². The molecule has 0 aromatic heterocycles. The smallest absolute Gasteiger partial charge is 0.124 e. The number of hydrogen-bond donors (Lipinski definition) is 1. The second-order valence-electron chi connectivity index (χ2n) is 6.34. The first kappa shape index (κ1) is 13.0. The zero-order valence-corrected chi connectivity index (χ0v) is 11.9. The van der Waals surface area contributed by atoms with Crippen molar-refractivity contribution in [2.24, 2.45) is 11.7 Å². The summed E-state index contributed by atoms with van der Waals surface area (Å²) in [4.78, 5) is 0. The minimum atomic E-state index is 0.0116. The van der Waals surface area contributed by atoms with Crippen LogP contribution in [0.2, 0.25) is 0 Å². The van der Waals surface area contributed by atoms with Crippen molar-refractivity contribution in [2.45, 2.75) is 63.5 Å². The Kier molecular flexibility index (Phi) is 3.53. The molecule has 2 heteroatoms. The van der Waals surface area contributed by atoms with Gasteiger partial charge in [0.05, 0.1) is 0 Å². The van der Waals surface area contributed by atoms with Gasteiger partial charge in [0.25, 0.3) is 0 Å². The first-order valence-corrected chi connectivity index (χ1v) is 7.76. The minimum absolute atomic E-state index is 0.0116. The molecule has 19 heavy (non-hydrogen) atoms. The summed E-state index contributed by atoms with van der Waals surface area (Å²) in [5.41, 5.74) is 7.59. The Bertz CT molecular complexity index is 445. The van der Waals surface area contributed by atoms with Gasteiger partial charge >= 0.3 is 0 Å². The molecule has 2 aliphatic rings. The first-order valence-electron chi connectivity index (χ1n) is 7.76. The third-order valence-corrected chi connectivity index (χ3v) is 5.07. The molecule has 1 heterocycles. The average Bonchev–Trinajstić information content (AvgIpc) is 2.61. The standard InChI is InChI=1S/C17H25NO/c1-2-13-6-5-10-17(11-9-13)12-15(18)14-7-3-4-8-16(14)19-17/h3-4,7-8,13,15H,2,5-6,9-12,18H2,1H3. The lowest BCUT2D eigenvalue weighted by Gasteiger charge is -2.41. The highest BCUT2D eigenvalue weighted by molar-refractivity contribution is 5.38. The van der Waals surface area contributed by atoms with Gasteiger partial charge in [0, 0.05) is 18.0 Å². The Hall–Kier alpha value is -1.02. The molecule has 1 aliphatic heterocycles. The molecule has 1 aromatic carbocycles. The van der Waals surface area contributed by atoms with Gasteiger partial charge in [0.15, 0.2) is 0 Å². The molecule has 0 bridgehead atoms. The third kappa shape index (κ3) is 2.51. The Morgan fingerprint density at radius 2 is 2.11 bits per heavy atom. The second kappa shape index (κ2) is 5.16. The fourth-order valence-corrected chi connectivity index (χ4v) is 3.83. The van der Waals surface area contributed by atoms with Crippen molar-refractivity contribution < 1.29 is 4.74 Å². The second-order valence-corrected chi connectivity index (χ2v) is 6.34. The van der Waals surface area contributed by atoms with Crippen LogP contribution in [-0.4, -0.2) is 5.60 Å². The van der Waals surface area contributed by atoms with E-state index in [0.717, 1.165) is 18.1 Å². The van der Waals surface area contributed by atoms with Gasteiger partial charge in [0.2, 0.25) is 0 Å². The van der Waals surface area contributed by atoms with Crippen molar-refractivity contribution in [3.05, 3.63) is 29.8 Å². The van der Waals surface area contributed by atoms with Gasteiger partial charge in [-0.3, -0.25) is 0 Å². The third-order valence-electron chi connectivity index (χ3n) is 5.07. The molecule has 2 N–H and O–H groups in total. The zero-order valence-electron chi connectivity index (χ0n) is 11.9. The van der Waals surface area contributed by atoms with Crippen LogP contribution >= 0.6 is 0 Å². The van der Waals surface area contributed by atoms with Gasteiger partial charge in [-0.1, -0.05) is 38.0 Å². The number of nitrogens with two attached hydrogens (primary N) is 1. The quantitative estimate of drug-likeness (QED) is 0.820. The SMILES string of the molecule is CCC1CCCC2(CC1)CC(N)c1ccccc1O2. The van der Waals surface area contributed by atoms with Crippen molar-refractivity contribution in [3.8, 4) is 5.75 Å². The topological polar surface area (TPSA) is 35.2 Å². The molecule has 1 saturated carbocycles. The molecular formula is C17H25NO. The van der Waals surface area contributed by atoms with Crippen molar-refractivity contribution >= 4 is 0 Å². The van der Waals surface area contributed by atoms with E-state index in [1.54, 1.807) is 0 Å². The summed E-state index contributed by atoms with van der Waals surface area (Å²) < 4.78 is 6.42. The van der Waals surface area contributed by atoms with Crippen molar-refractivity contribution in [1.82, 2.24) is 0 Å². The highest BCUT2D eigenvalue weighted by Crippen LogP contribution is 2.45. The summed E-state index contributed by atoms with van der Waals surface area (Å²) >= 11 is 0. The van der Waals surface area contributed by atoms with Crippen LogP contribution in [0.1, 0.15) is 63.5 Å². The molecule has 1 aliphatic carbocycles. The first-order chi connectivity index (χ1) is 9.22. The molecule has 0 radical (unpaired) electrons. The zero-order chi connectivity index (χ0) is 13.3. The summed E-state index contributed by atoms with van der Waals surface area (Å²) in [5, 5.41) is 0. The highest BCUT2D eigenvalue weighted by atomic mass is 16.5. The average molecular weight is 259 g/mol. The number of ether oxygens (including phenoxy) is 1. The predicted molar refractivity (Wildman–Crippen MR) is 78.2 cm³/mol. The Balaban J connectivity index is 1.83. The lowest BCUT2D eigenvalue weighted by Crippen LogP contribution is -2.42. The van der Waals surface area contributed by atoms with Gasteiger partial charge < -0.3 is 10.5 Å². The summed E-state index contributed by atoms with van der Waals surface area (Å²) in [7, 11) is 0. The maximum atomic E-state index is 6.42. The number of benzene rings is 1. The van der Waals surface area contributed by atoms with Gasteiger partial charge in [-0.2, -0.15) is 0 Å². The number of rotatable bonds is 1. The Labute approximate surface area is 116 Å². The maximum Gasteiger partial charge on any atom is 0.124 e. The summed E-state index contributed by atoms with van der Waals surface area (Å²) in [6.45, 7) is 2.31. The fraction of sp³-hybridized carbons (Fsp3) is 0.647. The maximum absolute atomic E-state index is 6.42. The normalized spacial score (nSPS) is 34.4. The van der Waals surface area contributed by atoms with Crippen LogP contribution in [0, 0.1) is 5.92 Å². The van der Waals surface area contributed by atoms with E-state index in [1.165, 1.54) is 44.1 Å². The number of fused-ring (bicyclic) bond motifs is 1. The van der Waals surface area contributed by atoms with Crippen molar-refractivity contribution in [1.29, 1.82) is 0 Å². The van der Waals surface area contributed by atoms with E-state index in [0.29, 0.717) is 0 Å². The number of hydrogen-bond acceptors (Lipinski definition) is 2. The molecule has 2 nitrogen and oxygen atoms in total. The molecule has 0 saturated heterocycles. The largest absolute Gasteiger partial charge is 0.487 e. The van der Waals surface area contributed by atoms with Crippen LogP contribution in [0.25, 0.3) is 0 Å². The van der Waals surface area contributed by atoms with Gasteiger partial charge in [-0.15, -0.1) is 0 Å². The molecule has 1 aromatic rings. The monoisotopic (exact) mass is 259 g/mol. The fourth-order valence-electron chi connectivity index (χ4n) is 3.83. The summed E-state index contributed by atoms with van der Waals surface area (Å²) in [6, 6.07) is 8.44. The van der Waals surface area contributed by atoms with Gasteiger partial charge in [-0.05, 0) is 37.7 Å². The predicted octanol–water partition coefficient (Wildman–Crippen LogP) is 4.20. The van der Waals surface area contributed by atoms with Crippen molar-refractivity contribution in [3.63, 3.8) is 0 Å². The lowest BCUT2D eigenvalue weighted by molar-refractivity contribution is 0.0203.